The Hall–Kier alpha value is -2.88. The van der Waals surface area contributed by atoms with Crippen LogP contribution in [0.1, 0.15) is 6.42 Å². The van der Waals surface area contributed by atoms with Crippen LogP contribution in [0.3, 0.4) is 0 Å². The van der Waals surface area contributed by atoms with Crippen LogP contribution < -0.4 is 27.2 Å². The Balaban J connectivity index is 1.54. The van der Waals surface area contributed by atoms with E-state index in [2.05, 4.69) is 25.3 Å². The van der Waals surface area contributed by atoms with Crippen LogP contribution in [-0.2, 0) is 11.8 Å². The predicted molar refractivity (Wildman–Crippen MR) is 95.4 cm³/mol. The summed E-state index contributed by atoms with van der Waals surface area (Å²) in [5, 5.41) is 7.24. The lowest BCUT2D eigenvalue weighted by molar-refractivity contribution is 0.0374. The van der Waals surface area contributed by atoms with Crippen LogP contribution in [0, 0.1) is 0 Å². The van der Waals surface area contributed by atoms with Crippen LogP contribution in [0.5, 0.6) is 0 Å². The number of nitrogen functional groups attached to an aromatic ring is 2. The van der Waals surface area contributed by atoms with Crippen molar-refractivity contribution in [2.75, 3.05) is 47.9 Å². The zero-order valence-corrected chi connectivity index (χ0v) is 14.1. The summed E-state index contributed by atoms with van der Waals surface area (Å²) in [5.74, 6) is 1.06. The number of nitrogens with two attached hydrogens (primary N) is 2. The summed E-state index contributed by atoms with van der Waals surface area (Å²) in [6.45, 7) is 2.69. The molecule has 10 heteroatoms. The van der Waals surface area contributed by atoms with Crippen molar-refractivity contribution in [2.24, 2.45) is 7.05 Å². The molecule has 0 aliphatic carbocycles. The van der Waals surface area contributed by atoms with Gasteiger partial charge < -0.3 is 26.4 Å². The number of nitrogens with one attached hydrogen (secondary N) is 1. The van der Waals surface area contributed by atoms with Crippen LogP contribution in [-0.4, -0.2) is 52.1 Å². The number of aryl methyl sites for hydroxylation is 1. The Morgan fingerprint density at radius 1 is 1.36 bits per heavy atom. The molecule has 1 aliphatic heterocycles. The largest absolute Gasteiger partial charge is 0.383 e. The standard InChI is InChI=1S/C15H22N8O2/c1-22-14(24)6-10(8-19-22)23-4-5-25-11(9-23)2-3-18-13-7-12(16)20-15(17)21-13/h6-8,11H,2-5,9H2,1H3,(H5,16,17,18,20,21)/t11-/m0/s1. The molecule has 0 bridgehead atoms. The molecule has 5 N–H and O–H groups in total. The number of morpholine rings is 1. The highest BCUT2D eigenvalue weighted by atomic mass is 16.5. The summed E-state index contributed by atoms with van der Waals surface area (Å²) >= 11 is 0. The van der Waals surface area contributed by atoms with E-state index >= 15 is 0 Å². The van der Waals surface area contributed by atoms with Gasteiger partial charge >= 0.3 is 0 Å². The van der Waals surface area contributed by atoms with E-state index in [9.17, 15) is 4.79 Å². The number of rotatable bonds is 5. The average molecular weight is 346 g/mol. The fourth-order valence-electron chi connectivity index (χ4n) is 2.70. The van der Waals surface area contributed by atoms with Crippen molar-refractivity contribution in [2.45, 2.75) is 12.5 Å². The Kier molecular flexibility index (Phi) is 4.98. The van der Waals surface area contributed by atoms with E-state index in [0.29, 0.717) is 31.3 Å². The smallest absolute Gasteiger partial charge is 0.268 e. The fraction of sp³-hybridized carbons (Fsp3) is 0.467. The van der Waals surface area contributed by atoms with Crippen molar-refractivity contribution in [3.05, 3.63) is 28.7 Å². The van der Waals surface area contributed by atoms with Gasteiger partial charge in [0, 0.05) is 38.8 Å². The van der Waals surface area contributed by atoms with Crippen molar-refractivity contribution in [1.82, 2.24) is 19.7 Å². The molecular weight excluding hydrogens is 324 g/mol. The minimum atomic E-state index is -0.124. The van der Waals surface area contributed by atoms with Crippen molar-refractivity contribution in [3.8, 4) is 0 Å². The van der Waals surface area contributed by atoms with Gasteiger partial charge in [-0.25, -0.2) is 4.68 Å². The van der Waals surface area contributed by atoms with Crippen LogP contribution in [0.2, 0.25) is 0 Å². The molecule has 0 amide bonds. The molecule has 2 aromatic heterocycles. The molecule has 134 valence electrons. The van der Waals surface area contributed by atoms with Gasteiger partial charge in [-0.15, -0.1) is 0 Å². The number of ether oxygens (including phenoxy) is 1. The van der Waals surface area contributed by atoms with E-state index in [1.165, 1.54) is 4.68 Å². The zero-order chi connectivity index (χ0) is 17.8. The van der Waals surface area contributed by atoms with Gasteiger partial charge in [0.25, 0.3) is 5.56 Å². The Labute approximate surface area is 144 Å². The Morgan fingerprint density at radius 3 is 2.96 bits per heavy atom. The van der Waals surface area contributed by atoms with Gasteiger partial charge in [0.1, 0.15) is 11.6 Å². The molecule has 3 heterocycles. The van der Waals surface area contributed by atoms with Gasteiger partial charge in [-0.3, -0.25) is 4.79 Å². The first kappa shape index (κ1) is 17.0. The second kappa shape index (κ2) is 7.34. The van der Waals surface area contributed by atoms with Gasteiger partial charge in [0.15, 0.2) is 0 Å². The van der Waals surface area contributed by atoms with Crippen molar-refractivity contribution < 1.29 is 4.74 Å². The maximum atomic E-state index is 11.7. The molecule has 10 nitrogen and oxygen atoms in total. The van der Waals surface area contributed by atoms with E-state index in [4.69, 9.17) is 16.2 Å². The number of nitrogens with zero attached hydrogens (tertiary/aromatic N) is 5. The van der Waals surface area contributed by atoms with Crippen LogP contribution in [0.25, 0.3) is 0 Å². The average Bonchev–Trinajstić information content (AvgIpc) is 2.57. The molecule has 0 radical (unpaired) electrons. The molecule has 3 rings (SSSR count). The summed E-state index contributed by atoms with van der Waals surface area (Å²) in [7, 11) is 1.63. The van der Waals surface area contributed by atoms with Crippen LogP contribution >= 0.6 is 0 Å². The van der Waals surface area contributed by atoms with Crippen LogP contribution in [0.4, 0.5) is 23.3 Å². The van der Waals surface area contributed by atoms with Gasteiger partial charge in [0.2, 0.25) is 5.95 Å². The van der Waals surface area contributed by atoms with Crippen molar-refractivity contribution in [3.63, 3.8) is 0 Å². The third-order valence-electron chi connectivity index (χ3n) is 3.99. The summed E-state index contributed by atoms with van der Waals surface area (Å²) < 4.78 is 7.11. The molecular formula is C15H22N8O2. The summed E-state index contributed by atoms with van der Waals surface area (Å²) in [6, 6.07) is 3.23. The first-order chi connectivity index (χ1) is 12.0. The second-order valence-corrected chi connectivity index (χ2v) is 5.87. The molecule has 1 saturated heterocycles. The summed E-state index contributed by atoms with van der Waals surface area (Å²) in [5.41, 5.74) is 11.9. The molecule has 0 unspecified atom stereocenters. The van der Waals surface area contributed by atoms with E-state index in [0.717, 1.165) is 18.7 Å². The number of hydrogen-bond donors (Lipinski definition) is 3. The molecule has 25 heavy (non-hydrogen) atoms. The topological polar surface area (TPSA) is 137 Å². The zero-order valence-electron chi connectivity index (χ0n) is 14.1. The van der Waals surface area contributed by atoms with E-state index < -0.39 is 0 Å². The van der Waals surface area contributed by atoms with E-state index in [1.54, 1.807) is 25.4 Å². The maximum Gasteiger partial charge on any atom is 0.268 e. The summed E-state index contributed by atoms with van der Waals surface area (Å²) in [6.07, 6.45) is 2.52. The highest BCUT2D eigenvalue weighted by molar-refractivity contribution is 5.48. The minimum absolute atomic E-state index is 0.0434. The number of hydrogen-bond acceptors (Lipinski definition) is 9. The molecule has 0 spiro atoms. The first-order valence-electron chi connectivity index (χ1n) is 8.05. The quantitative estimate of drug-likeness (QED) is 0.650. The highest BCUT2D eigenvalue weighted by Gasteiger charge is 2.21. The van der Waals surface area contributed by atoms with Crippen molar-refractivity contribution in [1.29, 1.82) is 0 Å². The lowest BCUT2D eigenvalue weighted by Crippen LogP contribution is -2.43. The van der Waals surface area contributed by atoms with Gasteiger partial charge in [-0.05, 0) is 6.42 Å². The van der Waals surface area contributed by atoms with E-state index in [-0.39, 0.29) is 17.6 Å². The normalized spacial score (nSPS) is 17.5. The fourth-order valence-corrected chi connectivity index (χ4v) is 2.70. The monoisotopic (exact) mass is 346 g/mol. The molecule has 1 fully saturated rings. The second-order valence-electron chi connectivity index (χ2n) is 5.87. The lowest BCUT2D eigenvalue weighted by atomic mass is 10.2. The number of aromatic nitrogens is 4. The summed E-state index contributed by atoms with van der Waals surface area (Å²) in [4.78, 5) is 21.8. The van der Waals surface area contributed by atoms with Crippen LogP contribution in [0.15, 0.2) is 23.1 Å². The molecule has 0 saturated carbocycles. The highest BCUT2D eigenvalue weighted by Crippen LogP contribution is 2.17. The van der Waals surface area contributed by atoms with Gasteiger partial charge in [-0.1, -0.05) is 0 Å². The molecule has 2 aromatic rings. The molecule has 0 aromatic carbocycles. The molecule has 1 aliphatic rings. The maximum absolute atomic E-state index is 11.7. The first-order valence-corrected chi connectivity index (χ1v) is 8.05. The SMILES string of the molecule is Cn1ncc(N2CCO[C@@H](CCNc3cc(N)nc(N)n3)C2)cc1=O. The third kappa shape index (κ3) is 4.35. The minimum Gasteiger partial charge on any atom is -0.383 e. The van der Waals surface area contributed by atoms with Crippen molar-refractivity contribution >= 4 is 23.3 Å². The Morgan fingerprint density at radius 2 is 2.20 bits per heavy atom. The third-order valence-corrected chi connectivity index (χ3v) is 3.99. The Bertz CT molecular complexity index is 773. The van der Waals surface area contributed by atoms with Gasteiger partial charge in [-0.2, -0.15) is 15.1 Å². The number of anilines is 4. The predicted octanol–water partition coefficient (Wildman–Crippen LogP) is -0.558. The van der Waals surface area contributed by atoms with Gasteiger partial charge in [0.05, 0.1) is 24.6 Å². The lowest BCUT2D eigenvalue weighted by Gasteiger charge is -2.34. The molecule has 1 atom stereocenters. The van der Waals surface area contributed by atoms with E-state index in [1.807, 2.05) is 0 Å².